The molecule has 1 aromatic carbocycles. The first-order chi connectivity index (χ1) is 12.2. The Morgan fingerprint density at radius 2 is 1.92 bits per heavy atom. The fraction of sp³-hybridized carbons (Fsp3) is 0.600. The number of hydrogen-bond acceptors (Lipinski definition) is 2. The standard InChI is InChI=1S/C20H30N4O.HI/c1-21-19(25)16-9-5-6-15(12-16)10-11-23-20(22-2)24-13-17-7-3-4-8-18(17)14-24;/h5-6,9,12,17-18H,3-4,7-8,10-11,13-14H2,1-2H3,(H,21,25)(H,22,23);1H. The van der Waals surface area contributed by atoms with Crippen LogP contribution in [0.3, 0.4) is 0 Å². The van der Waals surface area contributed by atoms with Gasteiger partial charge in [0.2, 0.25) is 0 Å². The maximum Gasteiger partial charge on any atom is 0.251 e. The van der Waals surface area contributed by atoms with Crippen LogP contribution in [0.25, 0.3) is 0 Å². The predicted molar refractivity (Wildman–Crippen MR) is 117 cm³/mol. The summed E-state index contributed by atoms with van der Waals surface area (Å²) in [6.07, 6.45) is 6.42. The van der Waals surface area contributed by atoms with Gasteiger partial charge in [-0.25, -0.2) is 0 Å². The summed E-state index contributed by atoms with van der Waals surface area (Å²) in [7, 11) is 3.53. The zero-order valence-electron chi connectivity index (χ0n) is 15.8. The number of hydrogen-bond donors (Lipinski definition) is 2. The average molecular weight is 470 g/mol. The number of aliphatic imine (C=N–C) groups is 1. The fourth-order valence-corrected chi connectivity index (χ4v) is 4.24. The highest BCUT2D eigenvalue weighted by Gasteiger charge is 2.35. The van der Waals surface area contributed by atoms with Crippen molar-refractivity contribution in [3.05, 3.63) is 35.4 Å². The van der Waals surface area contributed by atoms with E-state index < -0.39 is 0 Å². The molecule has 0 radical (unpaired) electrons. The van der Waals surface area contributed by atoms with E-state index in [1.165, 1.54) is 31.2 Å². The molecule has 0 spiro atoms. The van der Waals surface area contributed by atoms with Crippen LogP contribution in [-0.2, 0) is 6.42 Å². The van der Waals surface area contributed by atoms with E-state index in [0.717, 1.165) is 43.9 Å². The van der Waals surface area contributed by atoms with Crippen LogP contribution in [0.15, 0.2) is 29.3 Å². The number of nitrogens with zero attached hydrogens (tertiary/aromatic N) is 2. The zero-order chi connectivity index (χ0) is 17.6. The molecular weight excluding hydrogens is 439 g/mol. The fourth-order valence-electron chi connectivity index (χ4n) is 4.24. The van der Waals surface area contributed by atoms with Crippen LogP contribution in [0.4, 0.5) is 0 Å². The smallest absolute Gasteiger partial charge is 0.251 e. The Balaban J connectivity index is 0.00000243. The minimum atomic E-state index is -0.0368. The van der Waals surface area contributed by atoms with Crippen molar-refractivity contribution >= 4 is 35.8 Å². The van der Waals surface area contributed by atoms with Gasteiger partial charge in [-0.3, -0.25) is 9.79 Å². The first-order valence-corrected chi connectivity index (χ1v) is 9.48. The van der Waals surface area contributed by atoms with Gasteiger partial charge in [-0.15, -0.1) is 24.0 Å². The Bertz CT molecular complexity index is 620. The Hall–Kier alpha value is -1.31. The van der Waals surface area contributed by atoms with Crippen molar-refractivity contribution in [3.63, 3.8) is 0 Å². The summed E-state index contributed by atoms with van der Waals surface area (Å²) in [5.74, 6) is 2.70. The van der Waals surface area contributed by atoms with E-state index in [4.69, 9.17) is 0 Å². The van der Waals surface area contributed by atoms with Crippen LogP contribution in [0.1, 0.15) is 41.6 Å². The van der Waals surface area contributed by atoms with E-state index in [-0.39, 0.29) is 29.9 Å². The summed E-state index contributed by atoms with van der Waals surface area (Å²) in [5, 5.41) is 6.18. The molecule has 2 unspecified atom stereocenters. The summed E-state index contributed by atoms with van der Waals surface area (Å²) < 4.78 is 0. The lowest BCUT2D eigenvalue weighted by Gasteiger charge is -2.22. The van der Waals surface area contributed by atoms with Gasteiger partial charge in [0.05, 0.1) is 0 Å². The molecule has 144 valence electrons. The van der Waals surface area contributed by atoms with Gasteiger partial charge in [0, 0.05) is 39.3 Å². The van der Waals surface area contributed by atoms with E-state index >= 15 is 0 Å². The van der Waals surface area contributed by atoms with Gasteiger partial charge in [0.25, 0.3) is 5.91 Å². The third-order valence-corrected chi connectivity index (χ3v) is 5.60. The number of amides is 1. The number of carbonyl (C=O) groups excluding carboxylic acids is 1. The van der Waals surface area contributed by atoms with Crippen molar-refractivity contribution < 1.29 is 4.79 Å². The third kappa shape index (κ3) is 5.11. The average Bonchev–Trinajstić information content (AvgIpc) is 3.08. The van der Waals surface area contributed by atoms with Gasteiger partial charge in [-0.2, -0.15) is 0 Å². The number of fused-ring (bicyclic) bond motifs is 1. The molecule has 2 aliphatic rings. The number of halogens is 1. The molecule has 1 saturated heterocycles. The van der Waals surface area contributed by atoms with Crippen molar-refractivity contribution in [3.8, 4) is 0 Å². The molecular formula is C20H31IN4O. The summed E-state index contributed by atoms with van der Waals surface area (Å²) in [5.41, 5.74) is 1.88. The molecule has 0 aromatic heterocycles. The van der Waals surface area contributed by atoms with Crippen LogP contribution in [-0.4, -0.2) is 50.5 Å². The monoisotopic (exact) mass is 470 g/mol. The second kappa shape index (κ2) is 10.1. The molecule has 1 aliphatic heterocycles. The van der Waals surface area contributed by atoms with Crippen molar-refractivity contribution in [1.82, 2.24) is 15.5 Å². The van der Waals surface area contributed by atoms with Gasteiger partial charge in [-0.1, -0.05) is 25.0 Å². The number of rotatable bonds is 4. The third-order valence-electron chi connectivity index (χ3n) is 5.60. The summed E-state index contributed by atoms with van der Waals surface area (Å²) in [4.78, 5) is 18.7. The normalized spacial score (nSPS) is 22.4. The molecule has 1 amide bonds. The Morgan fingerprint density at radius 3 is 2.54 bits per heavy atom. The lowest BCUT2D eigenvalue weighted by molar-refractivity contribution is 0.0963. The van der Waals surface area contributed by atoms with Crippen molar-refractivity contribution in [2.45, 2.75) is 32.1 Å². The first-order valence-electron chi connectivity index (χ1n) is 9.48. The van der Waals surface area contributed by atoms with E-state index in [0.29, 0.717) is 5.56 Å². The second-order valence-electron chi connectivity index (χ2n) is 7.21. The molecule has 5 nitrogen and oxygen atoms in total. The lowest BCUT2D eigenvalue weighted by atomic mass is 9.82. The number of nitrogens with one attached hydrogen (secondary N) is 2. The van der Waals surface area contributed by atoms with E-state index in [2.05, 4.69) is 26.6 Å². The number of likely N-dealkylation sites (tertiary alicyclic amines) is 1. The van der Waals surface area contributed by atoms with Crippen molar-refractivity contribution in [1.29, 1.82) is 0 Å². The van der Waals surface area contributed by atoms with Crippen LogP contribution in [0.5, 0.6) is 0 Å². The van der Waals surface area contributed by atoms with Gasteiger partial charge >= 0.3 is 0 Å². The molecule has 3 rings (SSSR count). The molecule has 2 fully saturated rings. The highest BCUT2D eigenvalue weighted by Crippen LogP contribution is 2.35. The lowest BCUT2D eigenvalue weighted by Crippen LogP contribution is -2.41. The van der Waals surface area contributed by atoms with Gasteiger partial charge in [-0.05, 0) is 48.8 Å². The van der Waals surface area contributed by atoms with Crippen LogP contribution in [0.2, 0.25) is 0 Å². The van der Waals surface area contributed by atoms with E-state index in [1.54, 1.807) is 7.05 Å². The summed E-state index contributed by atoms with van der Waals surface area (Å²) in [6.45, 7) is 3.13. The summed E-state index contributed by atoms with van der Waals surface area (Å²) >= 11 is 0. The Morgan fingerprint density at radius 1 is 1.23 bits per heavy atom. The molecule has 26 heavy (non-hydrogen) atoms. The predicted octanol–water partition coefficient (Wildman–Crippen LogP) is 2.90. The van der Waals surface area contributed by atoms with Crippen LogP contribution >= 0.6 is 24.0 Å². The maximum atomic E-state index is 11.7. The maximum absolute atomic E-state index is 11.7. The SMILES string of the molecule is CN=C(NCCc1cccc(C(=O)NC)c1)N1CC2CCCCC2C1.I. The molecule has 2 N–H and O–H groups in total. The van der Waals surface area contributed by atoms with Gasteiger partial charge in [0.1, 0.15) is 0 Å². The Labute approximate surface area is 174 Å². The van der Waals surface area contributed by atoms with Crippen molar-refractivity contribution in [2.75, 3.05) is 33.7 Å². The number of benzene rings is 1. The van der Waals surface area contributed by atoms with E-state index in [9.17, 15) is 4.79 Å². The highest BCUT2D eigenvalue weighted by atomic mass is 127. The van der Waals surface area contributed by atoms with Crippen LogP contribution < -0.4 is 10.6 Å². The quantitative estimate of drug-likeness (QED) is 0.404. The largest absolute Gasteiger partial charge is 0.356 e. The first kappa shape index (κ1) is 21.0. The molecule has 2 atom stereocenters. The molecule has 1 saturated carbocycles. The highest BCUT2D eigenvalue weighted by molar-refractivity contribution is 14.0. The summed E-state index contributed by atoms with van der Waals surface area (Å²) in [6, 6.07) is 7.83. The van der Waals surface area contributed by atoms with E-state index in [1.807, 2.05) is 25.2 Å². The molecule has 1 aliphatic carbocycles. The zero-order valence-corrected chi connectivity index (χ0v) is 18.2. The minimum absolute atomic E-state index is 0. The van der Waals surface area contributed by atoms with Gasteiger partial charge < -0.3 is 15.5 Å². The topological polar surface area (TPSA) is 56.7 Å². The molecule has 0 bridgehead atoms. The minimum Gasteiger partial charge on any atom is -0.356 e. The Kier molecular flexibility index (Phi) is 8.18. The molecule has 1 aromatic rings. The van der Waals surface area contributed by atoms with Crippen LogP contribution in [0, 0.1) is 11.8 Å². The van der Waals surface area contributed by atoms with Crippen molar-refractivity contribution in [2.24, 2.45) is 16.8 Å². The number of carbonyl (C=O) groups is 1. The number of guanidine groups is 1. The van der Waals surface area contributed by atoms with Gasteiger partial charge in [0.15, 0.2) is 5.96 Å². The molecule has 6 heteroatoms. The second-order valence-corrected chi connectivity index (χ2v) is 7.21. The molecule has 1 heterocycles.